The van der Waals surface area contributed by atoms with E-state index in [1.807, 2.05) is 25.1 Å². The van der Waals surface area contributed by atoms with Gasteiger partial charge in [0.1, 0.15) is 5.54 Å². The van der Waals surface area contributed by atoms with E-state index in [0.717, 1.165) is 18.4 Å². The number of unbranched alkanes of at least 4 members (excludes halogenated alkanes) is 1. The summed E-state index contributed by atoms with van der Waals surface area (Å²) in [6.07, 6.45) is 2.45. The summed E-state index contributed by atoms with van der Waals surface area (Å²) in [5.41, 5.74) is 5.54. The van der Waals surface area contributed by atoms with Crippen LogP contribution in [0.2, 0.25) is 5.02 Å². The molecule has 0 saturated heterocycles. The molecule has 1 atom stereocenters. The van der Waals surface area contributed by atoms with Crippen molar-refractivity contribution in [1.29, 1.82) is 0 Å². The lowest BCUT2D eigenvalue weighted by molar-refractivity contribution is -0.143. The van der Waals surface area contributed by atoms with Crippen LogP contribution in [0.4, 0.5) is 0 Å². The fraction of sp³-hybridized carbons (Fsp3) is 0.462. The van der Waals surface area contributed by atoms with Crippen LogP contribution in [0.5, 0.6) is 0 Å². The number of carboxylic acids is 1. The summed E-state index contributed by atoms with van der Waals surface area (Å²) in [5.74, 6) is -0.967. The molecule has 3 N–H and O–H groups in total. The largest absolute Gasteiger partial charge is 0.480 e. The molecule has 1 rings (SSSR count). The molecule has 18 heavy (non-hydrogen) atoms. The van der Waals surface area contributed by atoms with Crippen molar-refractivity contribution in [2.24, 2.45) is 5.73 Å². The van der Waals surface area contributed by atoms with Crippen LogP contribution in [0.25, 0.3) is 0 Å². The standard InChI is InChI=1S/C13H18ClNO2.ClH/c1-2-3-8-13(15,12(16)17)9-10-6-4-5-7-11(10)14;/h4-7H,2-3,8-9,15H2,1H3,(H,16,17);1H/t13-;/m0./s1. The fourth-order valence-corrected chi connectivity index (χ4v) is 1.95. The Morgan fingerprint density at radius 1 is 1.44 bits per heavy atom. The second-order valence-electron chi connectivity index (χ2n) is 4.33. The summed E-state index contributed by atoms with van der Waals surface area (Å²) >= 11 is 6.02. The second kappa shape index (κ2) is 7.62. The molecule has 0 radical (unpaired) electrons. The van der Waals surface area contributed by atoms with Gasteiger partial charge in [-0.2, -0.15) is 0 Å². The van der Waals surface area contributed by atoms with Gasteiger partial charge in [0, 0.05) is 11.4 Å². The van der Waals surface area contributed by atoms with Crippen LogP contribution >= 0.6 is 24.0 Å². The SMILES string of the molecule is CCCC[C@](N)(Cc1ccccc1Cl)C(=O)O.Cl. The monoisotopic (exact) mass is 291 g/mol. The van der Waals surface area contributed by atoms with Crippen LogP contribution in [-0.2, 0) is 11.2 Å². The van der Waals surface area contributed by atoms with E-state index in [0.29, 0.717) is 11.4 Å². The molecule has 102 valence electrons. The maximum Gasteiger partial charge on any atom is 0.324 e. The average molecular weight is 292 g/mol. The molecule has 0 aromatic heterocycles. The number of rotatable bonds is 6. The number of halogens is 2. The van der Waals surface area contributed by atoms with Crippen molar-refractivity contribution in [3.05, 3.63) is 34.9 Å². The Bertz CT molecular complexity index is 398. The van der Waals surface area contributed by atoms with E-state index in [9.17, 15) is 9.90 Å². The van der Waals surface area contributed by atoms with Gasteiger partial charge >= 0.3 is 5.97 Å². The first-order valence-electron chi connectivity index (χ1n) is 5.75. The van der Waals surface area contributed by atoms with E-state index in [2.05, 4.69) is 0 Å². The molecule has 0 saturated carbocycles. The molecule has 1 aromatic rings. The zero-order valence-corrected chi connectivity index (χ0v) is 11.9. The molecule has 0 amide bonds. The summed E-state index contributed by atoms with van der Waals surface area (Å²) in [4.78, 5) is 11.3. The second-order valence-corrected chi connectivity index (χ2v) is 4.74. The van der Waals surface area contributed by atoms with E-state index in [4.69, 9.17) is 17.3 Å². The lowest BCUT2D eigenvalue weighted by atomic mass is 9.87. The highest BCUT2D eigenvalue weighted by molar-refractivity contribution is 6.31. The van der Waals surface area contributed by atoms with E-state index in [1.165, 1.54) is 0 Å². The van der Waals surface area contributed by atoms with Crippen molar-refractivity contribution in [2.75, 3.05) is 0 Å². The molecular weight excluding hydrogens is 273 g/mol. The summed E-state index contributed by atoms with van der Waals surface area (Å²) in [6, 6.07) is 7.22. The van der Waals surface area contributed by atoms with Crippen LogP contribution in [0.15, 0.2) is 24.3 Å². The molecule has 3 nitrogen and oxygen atoms in total. The van der Waals surface area contributed by atoms with Gasteiger partial charge < -0.3 is 10.8 Å². The first-order valence-corrected chi connectivity index (χ1v) is 6.13. The minimum Gasteiger partial charge on any atom is -0.480 e. The van der Waals surface area contributed by atoms with Crippen molar-refractivity contribution < 1.29 is 9.90 Å². The highest BCUT2D eigenvalue weighted by Crippen LogP contribution is 2.23. The molecule has 0 aliphatic carbocycles. The Hall–Kier alpha value is -0.770. The van der Waals surface area contributed by atoms with Crippen LogP contribution in [-0.4, -0.2) is 16.6 Å². The lowest BCUT2D eigenvalue weighted by Crippen LogP contribution is -2.49. The van der Waals surface area contributed by atoms with Gasteiger partial charge in [0.25, 0.3) is 0 Å². The van der Waals surface area contributed by atoms with Crippen molar-refractivity contribution in [1.82, 2.24) is 0 Å². The Balaban J connectivity index is 0.00000289. The third-order valence-corrected chi connectivity index (χ3v) is 3.23. The highest BCUT2D eigenvalue weighted by Gasteiger charge is 2.33. The van der Waals surface area contributed by atoms with Crippen molar-refractivity contribution in [3.63, 3.8) is 0 Å². The van der Waals surface area contributed by atoms with Gasteiger partial charge in [0.15, 0.2) is 0 Å². The average Bonchev–Trinajstić information content (AvgIpc) is 2.29. The number of hydrogen-bond acceptors (Lipinski definition) is 2. The summed E-state index contributed by atoms with van der Waals surface area (Å²) in [7, 11) is 0. The first-order chi connectivity index (χ1) is 7.99. The summed E-state index contributed by atoms with van der Waals surface area (Å²) in [6.45, 7) is 2.01. The smallest absolute Gasteiger partial charge is 0.324 e. The number of aliphatic carboxylic acids is 1. The molecular formula is C13H19Cl2NO2. The molecule has 0 heterocycles. The minimum absolute atomic E-state index is 0. The summed E-state index contributed by atoms with van der Waals surface area (Å²) in [5, 5.41) is 9.81. The molecule has 0 unspecified atom stereocenters. The van der Waals surface area contributed by atoms with Crippen molar-refractivity contribution in [3.8, 4) is 0 Å². The Kier molecular flexibility index (Phi) is 7.29. The predicted octanol–water partition coefficient (Wildman–Crippen LogP) is 3.28. The third kappa shape index (κ3) is 4.48. The molecule has 0 aliphatic rings. The van der Waals surface area contributed by atoms with Crippen LogP contribution in [0.1, 0.15) is 31.7 Å². The number of carboxylic acid groups (broad SMARTS) is 1. The predicted molar refractivity (Wildman–Crippen MR) is 76.5 cm³/mol. The quantitative estimate of drug-likeness (QED) is 0.845. The summed E-state index contributed by atoms with van der Waals surface area (Å²) < 4.78 is 0. The lowest BCUT2D eigenvalue weighted by Gasteiger charge is -2.25. The van der Waals surface area contributed by atoms with E-state index >= 15 is 0 Å². The van der Waals surface area contributed by atoms with Gasteiger partial charge in [-0.3, -0.25) is 4.79 Å². The molecule has 5 heteroatoms. The molecule has 0 spiro atoms. The van der Waals surface area contributed by atoms with Gasteiger partial charge in [-0.1, -0.05) is 49.6 Å². The van der Waals surface area contributed by atoms with E-state index in [1.54, 1.807) is 6.07 Å². The maximum atomic E-state index is 11.3. The normalized spacial score (nSPS) is 13.5. The van der Waals surface area contributed by atoms with Crippen LogP contribution in [0, 0.1) is 0 Å². The van der Waals surface area contributed by atoms with Gasteiger partial charge in [-0.25, -0.2) is 0 Å². The molecule has 1 aromatic carbocycles. The zero-order chi connectivity index (χ0) is 12.9. The Labute approximate surface area is 119 Å². The number of benzene rings is 1. The Morgan fingerprint density at radius 3 is 2.56 bits per heavy atom. The highest BCUT2D eigenvalue weighted by atomic mass is 35.5. The van der Waals surface area contributed by atoms with E-state index < -0.39 is 11.5 Å². The van der Waals surface area contributed by atoms with Gasteiger partial charge in [0.2, 0.25) is 0 Å². The van der Waals surface area contributed by atoms with Crippen LogP contribution in [0.3, 0.4) is 0 Å². The van der Waals surface area contributed by atoms with E-state index in [-0.39, 0.29) is 18.8 Å². The number of hydrogen-bond donors (Lipinski definition) is 2. The van der Waals surface area contributed by atoms with Crippen molar-refractivity contribution >= 4 is 30.0 Å². The Morgan fingerprint density at radius 2 is 2.06 bits per heavy atom. The topological polar surface area (TPSA) is 63.3 Å². The number of nitrogens with two attached hydrogens (primary N) is 1. The van der Waals surface area contributed by atoms with Crippen molar-refractivity contribution in [2.45, 2.75) is 38.1 Å². The third-order valence-electron chi connectivity index (χ3n) is 2.87. The van der Waals surface area contributed by atoms with Gasteiger partial charge in [0.05, 0.1) is 0 Å². The van der Waals surface area contributed by atoms with Crippen LogP contribution < -0.4 is 5.73 Å². The molecule has 0 aliphatic heterocycles. The number of carbonyl (C=O) groups is 1. The zero-order valence-electron chi connectivity index (χ0n) is 10.4. The van der Waals surface area contributed by atoms with Gasteiger partial charge in [-0.05, 0) is 18.1 Å². The molecule has 0 bridgehead atoms. The maximum absolute atomic E-state index is 11.3. The fourth-order valence-electron chi connectivity index (χ4n) is 1.74. The molecule has 0 fully saturated rings. The first kappa shape index (κ1) is 17.2. The van der Waals surface area contributed by atoms with Gasteiger partial charge in [-0.15, -0.1) is 12.4 Å². The minimum atomic E-state index is -1.22.